The van der Waals surface area contributed by atoms with Gasteiger partial charge in [-0.3, -0.25) is 0 Å². The first-order valence-corrected chi connectivity index (χ1v) is 6.22. The van der Waals surface area contributed by atoms with Crippen LogP contribution in [0.2, 0.25) is 0 Å². The van der Waals surface area contributed by atoms with Crippen molar-refractivity contribution in [1.29, 1.82) is 0 Å². The molecule has 0 fully saturated rings. The molecule has 0 atom stereocenters. The zero-order valence-corrected chi connectivity index (χ0v) is 12.1. The number of aromatic nitrogens is 2. The van der Waals surface area contributed by atoms with Crippen LogP contribution in [0.5, 0.6) is 17.2 Å². The number of rotatable bonds is 6. The summed E-state index contributed by atoms with van der Waals surface area (Å²) in [7, 11) is 4.78. The molecule has 0 aliphatic carbocycles. The zero-order valence-electron chi connectivity index (χ0n) is 12.1. The average Bonchev–Trinajstić information content (AvgIpc) is 2.89. The Hall–Kier alpha value is -2.37. The van der Waals surface area contributed by atoms with E-state index in [0.717, 1.165) is 17.2 Å². The minimum Gasteiger partial charge on any atom is -0.493 e. The topological polar surface area (TPSA) is 68.4 Å². The van der Waals surface area contributed by atoms with E-state index < -0.39 is 0 Å². The quantitative estimate of drug-likeness (QED) is 0.848. The smallest absolute Gasteiger partial charge is 0.203 e. The number of nitrogens with one attached hydrogen (secondary N) is 2. The maximum Gasteiger partial charge on any atom is 0.203 e. The largest absolute Gasteiger partial charge is 0.493 e. The standard InChI is InChI=1S/C14H19N3O3/c1-9-15-7-11(17-9)8-16-10-5-12(18-2)14(20-4)13(6-10)19-3/h5-7,16H,8H2,1-4H3,(H,15,17). The Bertz CT molecular complexity index is 556. The van der Waals surface area contributed by atoms with Gasteiger partial charge in [-0.2, -0.15) is 0 Å². The van der Waals surface area contributed by atoms with Crippen molar-refractivity contribution >= 4 is 5.69 Å². The van der Waals surface area contributed by atoms with E-state index in [4.69, 9.17) is 14.2 Å². The first kappa shape index (κ1) is 14.0. The number of ether oxygens (including phenoxy) is 3. The molecule has 0 aliphatic heterocycles. The van der Waals surface area contributed by atoms with Crippen molar-refractivity contribution in [1.82, 2.24) is 9.97 Å². The third-order valence-corrected chi connectivity index (χ3v) is 2.90. The van der Waals surface area contributed by atoms with E-state index in [1.54, 1.807) is 27.5 Å². The summed E-state index contributed by atoms with van der Waals surface area (Å²) in [4.78, 5) is 7.32. The maximum atomic E-state index is 5.31. The van der Waals surface area contributed by atoms with Gasteiger partial charge in [-0.25, -0.2) is 4.98 Å². The number of imidazole rings is 1. The fourth-order valence-electron chi connectivity index (χ4n) is 1.94. The summed E-state index contributed by atoms with van der Waals surface area (Å²) in [6.45, 7) is 2.56. The molecule has 6 nitrogen and oxygen atoms in total. The predicted octanol–water partition coefficient (Wildman–Crippen LogP) is 2.36. The highest BCUT2D eigenvalue weighted by Gasteiger charge is 2.13. The molecule has 6 heteroatoms. The molecule has 0 amide bonds. The van der Waals surface area contributed by atoms with Crippen LogP contribution in [0.25, 0.3) is 0 Å². The molecule has 0 bridgehead atoms. The molecule has 0 aliphatic rings. The molecule has 1 aromatic carbocycles. The van der Waals surface area contributed by atoms with Gasteiger partial charge in [0.1, 0.15) is 5.82 Å². The highest BCUT2D eigenvalue weighted by atomic mass is 16.5. The summed E-state index contributed by atoms with van der Waals surface area (Å²) in [6, 6.07) is 3.73. The van der Waals surface area contributed by atoms with Gasteiger partial charge in [0.2, 0.25) is 5.75 Å². The van der Waals surface area contributed by atoms with Crippen molar-refractivity contribution in [2.75, 3.05) is 26.6 Å². The minimum absolute atomic E-state index is 0.581. The van der Waals surface area contributed by atoms with Crippen LogP contribution in [0.15, 0.2) is 18.3 Å². The Kier molecular flexibility index (Phi) is 4.34. The zero-order chi connectivity index (χ0) is 14.5. The van der Waals surface area contributed by atoms with Gasteiger partial charge in [-0.15, -0.1) is 0 Å². The number of anilines is 1. The van der Waals surface area contributed by atoms with E-state index in [0.29, 0.717) is 23.8 Å². The molecule has 108 valence electrons. The number of methoxy groups -OCH3 is 3. The molecule has 2 N–H and O–H groups in total. The molecule has 2 aromatic rings. The van der Waals surface area contributed by atoms with Crippen molar-refractivity contribution < 1.29 is 14.2 Å². The van der Waals surface area contributed by atoms with Crippen LogP contribution in [-0.2, 0) is 6.54 Å². The molecular formula is C14H19N3O3. The lowest BCUT2D eigenvalue weighted by molar-refractivity contribution is 0.324. The third kappa shape index (κ3) is 2.96. The molecular weight excluding hydrogens is 258 g/mol. The molecule has 2 rings (SSSR count). The third-order valence-electron chi connectivity index (χ3n) is 2.90. The Balaban J connectivity index is 2.19. The van der Waals surface area contributed by atoms with Crippen molar-refractivity contribution in [3.8, 4) is 17.2 Å². The predicted molar refractivity (Wildman–Crippen MR) is 76.7 cm³/mol. The summed E-state index contributed by atoms with van der Waals surface area (Å²) < 4.78 is 15.9. The van der Waals surface area contributed by atoms with Gasteiger partial charge in [0.25, 0.3) is 0 Å². The molecule has 1 aromatic heterocycles. The monoisotopic (exact) mass is 277 g/mol. The molecule has 1 heterocycles. The van der Waals surface area contributed by atoms with E-state index in [1.165, 1.54) is 0 Å². The van der Waals surface area contributed by atoms with Gasteiger partial charge in [0.05, 0.1) is 39.8 Å². The SMILES string of the molecule is COc1cc(NCc2cnc(C)[nH]2)cc(OC)c1OC. The summed E-state index contributed by atoms with van der Waals surface area (Å²) in [5.41, 5.74) is 1.89. The summed E-state index contributed by atoms with van der Waals surface area (Å²) in [5, 5.41) is 3.29. The maximum absolute atomic E-state index is 5.31. The number of H-pyrrole nitrogens is 1. The molecule has 0 spiro atoms. The number of benzene rings is 1. The molecule has 20 heavy (non-hydrogen) atoms. The van der Waals surface area contributed by atoms with Crippen LogP contribution < -0.4 is 19.5 Å². The van der Waals surface area contributed by atoms with Gasteiger partial charge < -0.3 is 24.5 Å². The van der Waals surface area contributed by atoms with Crippen molar-refractivity contribution in [2.24, 2.45) is 0 Å². The van der Waals surface area contributed by atoms with E-state index in [1.807, 2.05) is 19.1 Å². The van der Waals surface area contributed by atoms with E-state index in [9.17, 15) is 0 Å². The number of hydrogen-bond acceptors (Lipinski definition) is 5. The number of aromatic amines is 1. The van der Waals surface area contributed by atoms with Crippen LogP contribution >= 0.6 is 0 Å². The van der Waals surface area contributed by atoms with Crippen LogP contribution in [0.1, 0.15) is 11.5 Å². The normalized spacial score (nSPS) is 10.2. The Morgan fingerprint density at radius 1 is 1.10 bits per heavy atom. The van der Waals surface area contributed by atoms with Crippen LogP contribution in [0, 0.1) is 6.92 Å². The van der Waals surface area contributed by atoms with Gasteiger partial charge in [0, 0.05) is 17.8 Å². The fourth-order valence-corrected chi connectivity index (χ4v) is 1.94. The second-order valence-corrected chi connectivity index (χ2v) is 4.26. The van der Waals surface area contributed by atoms with E-state index in [-0.39, 0.29) is 0 Å². The fraction of sp³-hybridized carbons (Fsp3) is 0.357. The van der Waals surface area contributed by atoms with E-state index in [2.05, 4.69) is 15.3 Å². The van der Waals surface area contributed by atoms with Gasteiger partial charge in [-0.1, -0.05) is 0 Å². The van der Waals surface area contributed by atoms with Gasteiger partial charge >= 0.3 is 0 Å². The Morgan fingerprint density at radius 2 is 1.75 bits per heavy atom. The molecule has 0 saturated carbocycles. The summed E-state index contributed by atoms with van der Waals surface area (Å²) >= 11 is 0. The lowest BCUT2D eigenvalue weighted by Gasteiger charge is -2.14. The molecule has 0 radical (unpaired) electrons. The number of aryl methyl sites for hydroxylation is 1. The second-order valence-electron chi connectivity index (χ2n) is 4.26. The van der Waals surface area contributed by atoms with Crippen molar-refractivity contribution in [3.05, 3.63) is 29.8 Å². The van der Waals surface area contributed by atoms with Crippen molar-refractivity contribution in [3.63, 3.8) is 0 Å². The molecule has 0 saturated heterocycles. The Labute approximate surface area is 118 Å². The lowest BCUT2D eigenvalue weighted by atomic mass is 10.2. The second kappa shape index (κ2) is 6.18. The molecule has 0 unspecified atom stereocenters. The van der Waals surface area contributed by atoms with E-state index >= 15 is 0 Å². The van der Waals surface area contributed by atoms with Crippen LogP contribution in [0.3, 0.4) is 0 Å². The minimum atomic E-state index is 0.581. The van der Waals surface area contributed by atoms with Gasteiger partial charge in [0.15, 0.2) is 11.5 Å². The van der Waals surface area contributed by atoms with Crippen LogP contribution in [-0.4, -0.2) is 31.3 Å². The van der Waals surface area contributed by atoms with Crippen molar-refractivity contribution in [2.45, 2.75) is 13.5 Å². The first-order valence-electron chi connectivity index (χ1n) is 6.22. The summed E-state index contributed by atoms with van der Waals surface area (Å²) in [5.74, 6) is 2.72. The highest BCUT2D eigenvalue weighted by Crippen LogP contribution is 2.39. The highest BCUT2D eigenvalue weighted by molar-refractivity contribution is 5.62. The van der Waals surface area contributed by atoms with Crippen LogP contribution in [0.4, 0.5) is 5.69 Å². The lowest BCUT2D eigenvalue weighted by Crippen LogP contribution is -2.02. The number of nitrogens with zero attached hydrogens (tertiary/aromatic N) is 1. The summed E-state index contributed by atoms with van der Waals surface area (Å²) in [6.07, 6.45) is 1.81. The Morgan fingerprint density at radius 3 is 2.20 bits per heavy atom. The first-order chi connectivity index (χ1) is 9.67. The number of hydrogen-bond donors (Lipinski definition) is 2. The van der Waals surface area contributed by atoms with Gasteiger partial charge in [-0.05, 0) is 6.92 Å². The average molecular weight is 277 g/mol.